The highest BCUT2D eigenvalue weighted by atomic mass is 35.5. The second kappa shape index (κ2) is 5.20. The SMILES string of the molecule is O=C(CN1C(=O)[C@@H]2[C@H](C1=O)[C@@H]1C=C[C@@H]2C1)Nc1cccc(Cl)c1. The number of amides is 3. The first-order chi connectivity index (χ1) is 11.0. The van der Waals surface area contributed by atoms with Gasteiger partial charge in [-0.05, 0) is 36.5 Å². The zero-order chi connectivity index (χ0) is 16.1. The Morgan fingerprint density at radius 1 is 1.17 bits per heavy atom. The largest absolute Gasteiger partial charge is 0.324 e. The molecule has 1 saturated carbocycles. The van der Waals surface area contributed by atoms with Crippen LogP contribution in [0.15, 0.2) is 36.4 Å². The molecule has 0 spiro atoms. The molecular formula is C17H15ClN2O3. The van der Waals surface area contributed by atoms with Gasteiger partial charge in [0, 0.05) is 10.7 Å². The van der Waals surface area contributed by atoms with Crippen LogP contribution in [0.25, 0.3) is 0 Å². The fourth-order valence-electron chi connectivity index (χ4n) is 4.03. The zero-order valence-corrected chi connectivity index (χ0v) is 13.0. The molecule has 3 aliphatic rings. The van der Waals surface area contributed by atoms with Crippen molar-refractivity contribution in [2.75, 3.05) is 11.9 Å². The molecule has 5 nitrogen and oxygen atoms in total. The van der Waals surface area contributed by atoms with Crippen LogP contribution in [0.4, 0.5) is 5.69 Å². The van der Waals surface area contributed by atoms with E-state index >= 15 is 0 Å². The van der Waals surface area contributed by atoms with Gasteiger partial charge in [-0.25, -0.2) is 0 Å². The van der Waals surface area contributed by atoms with Gasteiger partial charge in [0.25, 0.3) is 0 Å². The molecule has 2 aliphatic carbocycles. The summed E-state index contributed by atoms with van der Waals surface area (Å²) < 4.78 is 0. The molecule has 0 aromatic heterocycles. The average Bonchev–Trinajstić information content (AvgIpc) is 3.17. The minimum absolute atomic E-state index is 0.155. The van der Waals surface area contributed by atoms with Crippen LogP contribution in [0.2, 0.25) is 5.02 Å². The Kier molecular flexibility index (Phi) is 3.27. The van der Waals surface area contributed by atoms with E-state index in [4.69, 9.17) is 11.6 Å². The predicted molar refractivity (Wildman–Crippen MR) is 84.5 cm³/mol. The van der Waals surface area contributed by atoms with Gasteiger partial charge in [0.1, 0.15) is 6.54 Å². The van der Waals surface area contributed by atoms with E-state index in [9.17, 15) is 14.4 Å². The number of nitrogens with one attached hydrogen (secondary N) is 1. The molecule has 0 radical (unpaired) electrons. The second-order valence-electron chi connectivity index (χ2n) is 6.32. The minimum Gasteiger partial charge on any atom is -0.324 e. The molecule has 0 unspecified atom stereocenters. The highest BCUT2D eigenvalue weighted by Crippen LogP contribution is 2.52. The molecule has 1 aromatic carbocycles. The van der Waals surface area contributed by atoms with Crippen molar-refractivity contribution in [2.45, 2.75) is 6.42 Å². The predicted octanol–water partition coefficient (Wildman–Crippen LogP) is 2.09. The summed E-state index contributed by atoms with van der Waals surface area (Å²) in [6.45, 7) is -0.239. The summed E-state index contributed by atoms with van der Waals surface area (Å²) in [6.07, 6.45) is 4.95. The maximum Gasteiger partial charge on any atom is 0.244 e. The number of nitrogens with zero attached hydrogens (tertiary/aromatic N) is 1. The van der Waals surface area contributed by atoms with Gasteiger partial charge >= 0.3 is 0 Å². The summed E-state index contributed by atoms with van der Waals surface area (Å²) in [5.74, 6) is -1.04. The van der Waals surface area contributed by atoms with Crippen molar-refractivity contribution in [1.29, 1.82) is 0 Å². The van der Waals surface area contributed by atoms with Crippen molar-refractivity contribution in [3.63, 3.8) is 0 Å². The molecule has 6 heteroatoms. The average molecular weight is 331 g/mol. The smallest absolute Gasteiger partial charge is 0.244 e. The number of rotatable bonds is 3. The van der Waals surface area contributed by atoms with Crippen molar-refractivity contribution < 1.29 is 14.4 Å². The van der Waals surface area contributed by atoms with E-state index in [0.717, 1.165) is 11.3 Å². The maximum atomic E-state index is 12.5. The summed E-state index contributed by atoms with van der Waals surface area (Å²) in [5, 5.41) is 3.18. The van der Waals surface area contributed by atoms with E-state index < -0.39 is 5.91 Å². The Morgan fingerprint density at radius 3 is 2.43 bits per heavy atom. The summed E-state index contributed by atoms with van der Waals surface area (Å²) >= 11 is 5.87. The summed E-state index contributed by atoms with van der Waals surface area (Å²) in [4.78, 5) is 38.3. The quantitative estimate of drug-likeness (QED) is 0.681. The number of carbonyl (C=O) groups is 3. The number of fused-ring (bicyclic) bond motifs is 5. The first-order valence-electron chi connectivity index (χ1n) is 7.63. The number of hydrogen-bond acceptors (Lipinski definition) is 3. The van der Waals surface area contributed by atoms with Gasteiger partial charge in [0.15, 0.2) is 0 Å². The number of carbonyl (C=O) groups excluding carboxylic acids is 3. The van der Waals surface area contributed by atoms with Gasteiger partial charge in [0.05, 0.1) is 11.8 Å². The molecule has 1 aliphatic heterocycles. The highest BCUT2D eigenvalue weighted by Gasteiger charge is 2.59. The Balaban J connectivity index is 1.46. The van der Waals surface area contributed by atoms with Crippen LogP contribution in [0.3, 0.4) is 0 Å². The van der Waals surface area contributed by atoms with E-state index in [1.807, 2.05) is 12.2 Å². The van der Waals surface area contributed by atoms with Crippen molar-refractivity contribution in [3.05, 3.63) is 41.4 Å². The first-order valence-corrected chi connectivity index (χ1v) is 8.01. The van der Waals surface area contributed by atoms with Crippen LogP contribution >= 0.6 is 11.6 Å². The van der Waals surface area contributed by atoms with Gasteiger partial charge in [-0.1, -0.05) is 29.8 Å². The molecule has 4 rings (SSSR count). The lowest BCUT2D eigenvalue weighted by Gasteiger charge is -2.16. The third kappa shape index (κ3) is 2.27. The Bertz CT molecular complexity index is 715. The molecule has 2 bridgehead atoms. The zero-order valence-electron chi connectivity index (χ0n) is 12.2. The van der Waals surface area contributed by atoms with Crippen LogP contribution in [-0.2, 0) is 14.4 Å². The molecule has 4 atom stereocenters. The fraction of sp³-hybridized carbons (Fsp3) is 0.353. The van der Waals surface area contributed by atoms with Gasteiger partial charge < -0.3 is 5.32 Å². The van der Waals surface area contributed by atoms with Crippen molar-refractivity contribution >= 4 is 35.0 Å². The van der Waals surface area contributed by atoms with E-state index in [1.165, 1.54) is 0 Å². The maximum absolute atomic E-state index is 12.5. The molecule has 3 amide bonds. The fourth-order valence-corrected chi connectivity index (χ4v) is 4.22. The molecule has 118 valence electrons. The number of likely N-dealkylation sites (tertiary alicyclic amines) is 1. The van der Waals surface area contributed by atoms with E-state index in [0.29, 0.717) is 10.7 Å². The van der Waals surface area contributed by atoms with Crippen molar-refractivity contribution in [3.8, 4) is 0 Å². The molecule has 1 N–H and O–H groups in total. The molecule has 2 fully saturated rings. The number of hydrogen-bond donors (Lipinski definition) is 1. The van der Waals surface area contributed by atoms with Gasteiger partial charge in [-0.15, -0.1) is 0 Å². The molecule has 1 heterocycles. The van der Waals surface area contributed by atoms with E-state index in [2.05, 4.69) is 5.32 Å². The lowest BCUT2D eigenvalue weighted by atomic mass is 9.85. The Morgan fingerprint density at radius 2 is 1.83 bits per heavy atom. The number of halogens is 1. The standard InChI is InChI=1S/C17H15ClN2O3/c18-11-2-1-3-12(7-11)19-13(21)8-20-16(22)14-9-4-5-10(6-9)15(14)17(20)23/h1-5,7,9-10,14-15H,6,8H2,(H,19,21)/t9-,10-,14-,15+/m1/s1. The molecule has 1 saturated heterocycles. The third-order valence-electron chi connectivity index (χ3n) is 4.97. The van der Waals surface area contributed by atoms with Crippen molar-refractivity contribution in [2.24, 2.45) is 23.7 Å². The normalized spacial score (nSPS) is 30.9. The molecular weight excluding hydrogens is 316 g/mol. The van der Waals surface area contributed by atoms with Gasteiger partial charge in [-0.3, -0.25) is 19.3 Å². The Hall–Kier alpha value is -2.14. The first kappa shape index (κ1) is 14.5. The molecule has 1 aromatic rings. The van der Waals surface area contributed by atoms with Crippen LogP contribution in [0.5, 0.6) is 0 Å². The number of anilines is 1. The van der Waals surface area contributed by atoms with Gasteiger partial charge in [0.2, 0.25) is 17.7 Å². The topological polar surface area (TPSA) is 66.5 Å². The summed E-state index contributed by atoms with van der Waals surface area (Å²) in [5.41, 5.74) is 0.545. The second-order valence-corrected chi connectivity index (χ2v) is 6.76. The van der Waals surface area contributed by atoms with Crippen LogP contribution in [-0.4, -0.2) is 29.2 Å². The summed E-state index contributed by atoms with van der Waals surface area (Å²) in [6, 6.07) is 6.74. The monoisotopic (exact) mass is 330 g/mol. The van der Waals surface area contributed by atoms with Crippen LogP contribution in [0.1, 0.15) is 6.42 Å². The van der Waals surface area contributed by atoms with E-state index in [-0.39, 0.29) is 42.0 Å². The minimum atomic E-state index is -0.394. The molecule has 23 heavy (non-hydrogen) atoms. The van der Waals surface area contributed by atoms with Gasteiger partial charge in [-0.2, -0.15) is 0 Å². The highest BCUT2D eigenvalue weighted by molar-refractivity contribution is 6.30. The lowest BCUT2D eigenvalue weighted by Crippen LogP contribution is -2.39. The number of imide groups is 1. The number of allylic oxidation sites excluding steroid dienone is 2. The third-order valence-corrected chi connectivity index (χ3v) is 5.21. The Labute approximate surface area is 138 Å². The lowest BCUT2D eigenvalue weighted by molar-refractivity contribution is -0.143. The summed E-state index contributed by atoms with van der Waals surface area (Å²) in [7, 11) is 0. The van der Waals surface area contributed by atoms with Crippen molar-refractivity contribution in [1.82, 2.24) is 4.90 Å². The van der Waals surface area contributed by atoms with Crippen LogP contribution in [0, 0.1) is 23.7 Å². The number of benzene rings is 1. The van der Waals surface area contributed by atoms with E-state index in [1.54, 1.807) is 24.3 Å². The van der Waals surface area contributed by atoms with Crippen LogP contribution < -0.4 is 5.32 Å².